The van der Waals surface area contributed by atoms with Crippen LogP contribution in [0.3, 0.4) is 0 Å². The molecule has 7 nitrogen and oxygen atoms in total. The topological polar surface area (TPSA) is 90.1 Å². The molecule has 0 radical (unpaired) electrons. The fourth-order valence-electron chi connectivity index (χ4n) is 1.84. The predicted molar refractivity (Wildman–Crippen MR) is 77.1 cm³/mol. The molecule has 1 aromatic heterocycles. The summed E-state index contributed by atoms with van der Waals surface area (Å²) in [6, 6.07) is 5.51. The van der Waals surface area contributed by atoms with Crippen LogP contribution < -0.4 is 5.32 Å². The summed E-state index contributed by atoms with van der Waals surface area (Å²) >= 11 is 0. The molecule has 1 aromatic carbocycles. The van der Waals surface area contributed by atoms with Gasteiger partial charge in [0.15, 0.2) is 0 Å². The second kappa shape index (κ2) is 6.17. The van der Waals surface area contributed by atoms with Gasteiger partial charge >= 0.3 is 5.69 Å². The molecule has 0 atom stereocenters. The largest absolute Gasteiger partial charge is 0.350 e. The lowest BCUT2D eigenvalue weighted by Gasteiger charge is -2.07. The number of aryl methyl sites for hydroxylation is 2. The smallest absolute Gasteiger partial charge is 0.306 e. The number of hydrogen-bond donors (Lipinski definition) is 1. The van der Waals surface area contributed by atoms with Gasteiger partial charge in [0.05, 0.1) is 11.5 Å². The zero-order valence-corrected chi connectivity index (χ0v) is 11.9. The van der Waals surface area contributed by atoms with Crippen molar-refractivity contribution >= 4 is 11.6 Å². The van der Waals surface area contributed by atoms with E-state index < -0.39 is 4.92 Å². The normalized spacial score (nSPS) is 10.4. The molecule has 0 aliphatic rings. The average molecular weight is 288 g/mol. The molecule has 0 aliphatic carbocycles. The van der Waals surface area contributed by atoms with E-state index in [4.69, 9.17) is 0 Å². The van der Waals surface area contributed by atoms with Gasteiger partial charge in [-0.3, -0.25) is 19.6 Å². The molecule has 1 amide bonds. The molecule has 0 spiro atoms. The number of rotatable bonds is 5. The molecule has 0 unspecified atom stereocenters. The van der Waals surface area contributed by atoms with Crippen molar-refractivity contribution in [3.63, 3.8) is 0 Å². The third-order valence-electron chi connectivity index (χ3n) is 3.23. The summed E-state index contributed by atoms with van der Waals surface area (Å²) in [4.78, 5) is 22.0. The highest BCUT2D eigenvalue weighted by molar-refractivity contribution is 5.94. The van der Waals surface area contributed by atoms with E-state index in [2.05, 4.69) is 10.4 Å². The molecule has 7 heteroatoms. The molecule has 1 N–H and O–H groups in total. The lowest BCUT2D eigenvalue weighted by molar-refractivity contribution is -0.385. The average Bonchev–Trinajstić information content (AvgIpc) is 2.91. The van der Waals surface area contributed by atoms with Crippen molar-refractivity contribution in [2.45, 2.75) is 20.4 Å². The first-order valence-electron chi connectivity index (χ1n) is 6.49. The van der Waals surface area contributed by atoms with Crippen molar-refractivity contribution in [2.75, 3.05) is 6.54 Å². The minimum absolute atomic E-state index is 0.0597. The van der Waals surface area contributed by atoms with Crippen LogP contribution >= 0.6 is 0 Å². The zero-order chi connectivity index (χ0) is 15.4. The third-order valence-corrected chi connectivity index (χ3v) is 3.23. The van der Waals surface area contributed by atoms with Gasteiger partial charge in [-0.1, -0.05) is 6.07 Å². The van der Waals surface area contributed by atoms with Gasteiger partial charge in [0.25, 0.3) is 5.91 Å². The van der Waals surface area contributed by atoms with E-state index in [1.54, 1.807) is 6.07 Å². The van der Waals surface area contributed by atoms with Gasteiger partial charge in [0.2, 0.25) is 0 Å². The highest BCUT2D eigenvalue weighted by atomic mass is 16.6. The molecular weight excluding hydrogens is 272 g/mol. The van der Waals surface area contributed by atoms with Crippen LogP contribution in [0.4, 0.5) is 5.69 Å². The lowest BCUT2D eigenvalue weighted by Crippen LogP contribution is -2.27. The van der Waals surface area contributed by atoms with Crippen LogP contribution in [0, 0.1) is 24.0 Å². The molecule has 2 rings (SSSR count). The Labute approximate surface area is 121 Å². The molecule has 110 valence electrons. The maximum Gasteiger partial charge on any atom is 0.306 e. The van der Waals surface area contributed by atoms with Crippen molar-refractivity contribution in [3.05, 3.63) is 57.4 Å². The quantitative estimate of drug-likeness (QED) is 0.671. The fraction of sp³-hybridized carbons (Fsp3) is 0.286. The van der Waals surface area contributed by atoms with Crippen LogP contribution in [0.25, 0.3) is 0 Å². The van der Waals surface area contributed by atoms with Gasteiger partial charge in [0.1, 0.15) is 12.4 Å². The zero-order valence-electron chi connectivity index (χ0n) is 11.9. The summed E-state index contributed by atoms with van der Waals surface area (Å²) in [6.07, 6.45) is 2.52. The second-order valence-electron chi connectivity index (χ2n) is 4.77. The highest BCUT2D eigenvalue weighted by Crippen LogP contribution is 2.10. The van der Waals surface area contributed by atoms with Gasteiger partial charge < -0.3 is 5.32 Å². The first kappa shape index (κ1) is 14.7. The SMILES string of the molecule is Cc1ccc(C(=O)NCCn2cc([N+](=O)[O-])cn2)cc1C. The number of carbonyl (C=O) groups excluding carboxylic acids is 1. The van der Waals surface area contributed by atoms with Gasteiger partial charge in [-0.25, -0.2) is 0 Å². The Morgan fingerprint density at radius 1 is 1.38 bits per heavy atom. The van der Waals surface area contributed by atoms with E-state index in [0.717, 1.165) is 11.1 Å². The summed E-state index contributed by atoms with van der Waals surface area (Å²) in [7, 11) is 0. The van der Waals surface area contributed by atoms with E-state index >= 15 is 0 Å². The van der Waals surface area contributed by atoms with Crippen LogP contribution in [0.1, 0.15) is 21.5 Å². The number of nitrogens with one attached hydrogen (secondary N) is 1. The fourth-order valence-corrected chi connectivity index (χ4v) is 1.84. The summed E-state index contributed by atoms with van der Waals surface area (Å²) in [5.41, 5.74) is 2.74. The number of nitro groups is 1. The lowest BCUT2D eigenvalue weighted by atomic mass is 10.1. The second-order valence-corrected chi connectivity index (χ2v) is 4.77. The predicted octanol–water partition coefficient (Wildman–Crippen LogP) is 1.84. The van der Waals surface area contributed by atoms with E-state index in [0.29, 0.717) is 18.7 Å². The Bertz CT molecular complexity index is 679. The van der Waals surface area contributed by atoms with E-state index in [1.165, 1.54) is 17.1 Å². The van der Waals surface area contributed by atoms with E-state index in [-0.39, 0.29) is 11.6 Å². The molecule has 0 saturated carbocycles. The van der Waals surface area contributed by atoms with Crippen molar-refractivity contribution < 1.29 is 9.72 Å². The molecule has 1 heterocycles. The summed E-state index contributed by atoms with van der Waals surface area (Å²) in [5, 5.41) is 17.1. The maximum absolute atomic E-state index is 12.0. The summed E-state index contributed by atoms with van der Waals surface area (Å²) in [6.45, 7) is 4.67. The van der Waals surface area contributed by atoms with Gasteiger partial charge in [0, 0.05) is 12.1 Å². The molecular formula is C14H16N4O3. The molecule has 0 saturated heterocycles. The summed E-state index contributed by atoms with van der Waals surface area (Å²) in [5.74, 6) is -0.167. The monoisotopic (exact) mass is 288 g/mol. The Morgan fingerprint density at radius 2 is 2.14 bits per heavy atom. The third kappa shape index (κ3) is 3.65. The van der Waals surface area contributed by atoms with Crippen molar-refractivity contribution in [2.24, 2.45) is 0 Å². The Kier molecular flexibility index (Phi) is 4.32. The van der Waals surface area contributed by atoms with Gasteiger partial charge in [-0.05, 0) is 37.1 Å². The number of aromatic nitrogens is 2. The van der Waals surface area contributed by atoms with E-state index in [1.807, 2.05) is 26.0 Å². The Morgan fingerprint density at radius 3 is 2.76 bits per heavy atom. The van der Waals surface area contributed by atoms with Crippen LogP contribution in [-0.4, -0.2) is 27.2 Å². The Balaban J connectivity index is 1.88. The number of benzene rings is 1. The van der Waals surface area contributed by atoms with Crippen molar-refractivity contribution in [1.29, 1.82) is 0 Å². The first-order chi connectivity index (χ1) is 9.97. The van der Waals surface area contributed by atoms with Gasteiger partial charge in [-0.2, -0.15) is 5.10 Å². The number of hydrogen-bond acceptors (Lipinski definition) is 4. The molecule has 0 aliphatic heterocycles. The van der Waals surface area contributed by atoms with Crippen molar-refractivity contribution in [3.8, 4) is 0 Å². The van der Waals surface area contributed by atoms with Crippen LogP contribution in [0.15, 0.2) is 30.6 Å². The van der Waals surface area contributed by atoms with Crippen LogP contribution in [0.5, 0.6) is 0 Å². The number of nitrogens with zero attached hydrogens (tertiary/aromatic N) is 3. The number of amides is 1. The molecule has 0 fully saturated rings. The van der Waals surface area contributed by atoms with Crippen LogP contribution in [-0.2, 0) is 6.54 Å². The van der Waals surface area contributed by atoms with E-state index in [9.17, 15) is 14.9 Å². The number of carbonyl (C=O) groups is 1. The first-order valence-corrected chi connectivity index (χ1v) is 6.49. The van der Waals surface area contributed by atoms with Crippen LogP contribution in [0.2, 0.25) is 0 Å². The molecule has 0 bridgehead atoms. The maximum atomic E-state index is 12.0. The molecule has 2 aromatic rings. The van der Waals surface area contributed by atoms with Gasteiger partial charge in [-0.15, -0.1) is 0 Å². The highest BCUT2D eigenvalue weighted by Gasteiger charge is 2.09. The minimum atomic E-state index is -0.503. The summed E-state index contributed by atoms with van der Waals surface area (Å²) < 4.78 is 1.43. The molecule has 21 heavy (non-hydrogen) atoms. The van der Waals surface area contributed by atoms with Crippen molar-refractivity contribution in [1.82, 2.24) is 15.1 Å². The standard InChI is InChI=1S/C14H16N4O3/c1-10-3-4-12(7-11(10)2)14(19)15-5-6-17-9-13(8-16-17)18(20)21/h3-4,7-9H,5-6H2,1-2H3,(H,15,19). The Hall–Kier alpha value is -2.70. The minimum Gasteiger partial charge on any atom is -0.350 e.